The van der Waals surface area contributed by atoms with Crippen molar-refractivity contribution in [3.05, 3.63) is 37.3 Å². The zero-order chi connectivity index (χ0) is 12.4. The van der Waals surface area contributed by atoms with Crippen LogP contribution in [0.4, 0.5) is 0 Å². The van der Waals surface area contributed by atoms with Gasteiger partial charge >= 0.3 is 29.6 Å². The molecule has 1 aromatic rings. The molecule has 0 fully saturated rings. The second-order valence-corrected chi connectivity index (χ2v) is 4.77. The van der Waals surface area contributed by atoms with Gasteiger partial charge in [-0.15, -0.1) is 0 Å². The van der Waals surface area contributed by atoms with Gasteiger partial charge in [-0.25, -0.2) is 0 Å². The predicted molar refractivity (Wildman–Crippen MR) is 71.3 cm³/mol. The summed E-state index contributed by atoms with van der Waals surface area (Å²) in [6.07, 6.45) is 4.00. The quantitative estimate of drug-likeness (QED) is 0.631. The van der Waals surface area contributed by atoms with Gasteiger partial charge in [0.15, 0.2) is 0 Å². The van der Waals surface area contributed by atoms with Gasteiger partial charge in [0.05, 0.1) is 0 Å². The largest absolute Gasteiger partial charge is 1.00 e. The van der Waals surface area contributed by atoms with Crippen LogP contribution >= 0.6 is 0 Å². The van der Waals surface area contributed by atoms with Crippen LogP contribution in [0.25, 0.3) is 0 Å². The molecule has 1 rings (SSSR count). The Balaban J connectivity index is 0. The van der Waals surface area contributed by atoms with E-state index < -0.39 is 0 Å². The molecule has 0 bridgehead atoms. The third kappa shape index (κ3) is 16.0. The molecule has 0 heterocycles. The summed E-state index contributed by atoms with van der Waals surface area (Å²) < 4.78 is 0. The Morgan fingerprint density at radius 2 is 1.59 bits per heavy atom. The van der Waals surface area contributed by atoms with Crippen LogP contribution < -0.4 is 29.6 Å². The van der Waals surface area contributed by atoms with E-state index in [1.165, 1.54) is 19.3 Å². The summed E-state index contributed by atoms with van der Waals surface area (Å²) in [5, 5.41) is 8.63. The molecule has 92 valence electrons. The number of hydrogen-bond donors (Lipinski definition) is 1. The van der Waals surface area contributed by atoms with Crippen LogP contribution in [0, 0.1) is 18.8 Å². The second kappa shape index (κ2) is 12.5. The van der Waals surface area contributed by atoms with Gasteiger partial charge in [0.25, 0.3) is 0 Å². The Hall–Kier alpha value is 0.0200. The average Bonchev–Trinajstić information content (AvgIpc) is 2.18. The van der Waals surface area contributed by atoms with E-state index in [9.17, 15) is 0 Å². The molecule has 0 saturated carbocycles. The molecule has 0 spiro atoms. The van der Waals surface area contributed by atoms with E-state index in [-0.39, 0.29) is 29.6 Å². The van der Waals surface area contributed by atoms with Crippen LogP contribution in [0.2, 0.25) is 0 Å². The van der Waals surface area contributed by atoms with Gasteiger partial charge in [0.1, 0.15) is 5.75 Å². The van der Waals surface area contributed by atoms with Gasteiger partial charge < -0.3 is 12.0 Å². The van der Waals surface area contributed by atoms with Gasteiger partial charge in [0, 0.05) is 0 Å². The van der Waals surface area contributed by atoms with Crippen LogP contribution in [0.1, 0.15) is 40.0 Å². The minimum Gasteiger partial charge on any atom is -0.508 e. The summed E-state index contributed by atoms with van der Waals surface area (Å²) in [6, 6.07) is 8.71. The minimum atomic E-state index is 0. The molecular formula is C15H25NaO. The molecule has 1 nitrogen and oxygen atoms in total. The molecule has 1 N–H and O–H groups in total. The monoisotopic (exact) mass is 244 g/mol. The molecule has 2 heteroatoms. The van der Waals surface area contributed by atoms with E-state index in [4.69, 9.17) is 5.11 Å². The van der Waals surface area contributed by atoms with Crippen molar-refractivity contribution < 1.29 is 34.7 Å². The van der Waals surface area contributed by atoms with Crippen molar-refractivity contribution in [3.8, 4) is 5.75 Å². The Bertz CT molecular complexity index is 236. The van der Waals surface area contributed by atoms with Crippen molar-refractivity contribution in [2.45, 2.75) is 40.0 Å². The van der Waals surface area contributed by atoms with Crippen molar-refractivity contribution >= 4 is 0 Å². The smallest absolute Gasteiger partial charge is 0.508 e. The average molecular weight is 244 g/mol. The molecule has 0 aromatic heterocycles. The van der Waals surface area contributed by atoms with Gasteiger partial charge in [0.2, 0.25) is 0 Å². The molecule has 1 aromatic carbocycles. The Kier molecular flexibility index (Phi) is 14.2. The number of benzene rings is 1. The summed E-state index contributed by atoms with van der Waals surface area (Å²) in [6.45, 7) is 10.7. The first-order chi connectivity index (χ1) is 7.52. The standard InChI is InChI=1S/C9H19.C6H6O.Na/c1-8(2)6-5-7-9(3)4;7-6-4-2-1-3-5-6;/h8-9H,1,5-7H2,2-4H3;1-5,7H;/q-1;;+1. The first-order valence-electron chi connectivity index (χ1n) is 6.09. The van der Waals surface area contributed by atoms with E-state index in [2.05, 4.69) is 27.7 Å². The van der Waals surface area contributed by atoms with Crippen molar-refractivity contribution in [2.24, 2.45) is 11.8 Å². The summed E-state index contributed by atoms with van der Waals surface area (Å²) in [5.41, 5.74) is 0. The maximum absolute atomic E-state index is 8.63. The summed E-state index contributed by atoms with van der Waals surface area (Å²) in [4.78, 5) is 0. The molecule has 1 atom stereocenters. The normalized spacial score (nSPS) is 11.1. The SMILES string of the molecule is Oc1ccccc1.[CH2-]C(C)CCCC(C)C.[Na+]. The zero-order valence-corrected chi connectivity index (χ0v) is 13.8. The maximum Gasteiger partial charge on any atom is 1.00 e. The van der Waals surface area contributed by atoms with E-state index >= 15 is 0 Å². The fourth-order valence-corrected chi connectivity index (χ4v) is 1.30. The third-order valence-corrected chi connectivity index (χ3v) is 2.23. The van der Waals surface area contributed by atoms with Gasteiger partial charge in [-0.2, -0.15) is 5.92 Å². The molecule has 0 radical (unpaired) electrons. The number of phenolic OH excluding ortho intramolecular Hbond substituents is 1. The van der Waals surface area contributed by atoms with Crippen LogP contribution in [0.15, 0.2) is 30.3 Å². The van der Waals surface area contributed by atoms with Crippen molar-refractivity contribution in [1.29, 1.82) is 0 Å². The van der Waals surface area contributed by atoms with Crippen molar-refractivity contribution in [1.82, 2.24) is 0 Å². The molecule has 0 aliphatic rings. The molecular weight excluding hydrogens is 219 g/mol. The van der Waals surface area contributed by atoms with E-state index in [0.29, 0.717) is 11.7 Å². The van der Waals surface area contributed by atoms with Crippen molar-refractivity contribution in [2.75, 3.05) is 0 Å². The number of para-hydroxylation sites is 1. The van der Waals surface area contributed by atoms with Crippen LogP contribution in [0.3, 0.4) is 0 Å². The van der Waals surface area contributed by atoms with Gasteiger partial charge in [-0.05, 0) is 18.1 Å². The summed E-state index contributed by atoms with van der Waals surface area (Å²) >= 11 is 0. The van der Waals surface area contributed by atoms with E-state index in [0.717, 1.165) is 5.92 Å². The van der Waals surface area contributed by atoms with E-state index in [1.54, 1.807) is 24.3 Å². The maximum atomic E-state index is 8.63. The van der Waals surface area contributed by atoms with Crippen LogP contribution in [-0.4, -0.2) is 5.11 Å². The Morgan fingerprint density at radius 3 is 1.88 bits per heavy atom. The summed E-state index contributed by atoms with van der Waals surface area (Å²) in [7, 11) is 0. The molecule has 0 aliphatic carbocycles. The molecule has 17 heavy (non-hydrogen) atoms. The fourth-order valence-electron chi connectivity index (χ4n) is 1.30. The molecule has 0 aliphatic heterocycles. The van der Waals surface area contributed by atoms with Crippen LogP contribution in [0.5, 0.6) is 5.75 Å². The van der Waals surface area contributed by atoms with Gasteiger partial charge in [-0.1, -0.05) is 58.2 Å². The molecule has 0 saturated heterocycles. The first-order valence-corrected chi connectivity index (χ1v) is 6.09. The topological polar surface area (TPSA) is 20.2 Å². The second-order valence-electron chi connectivity index (χ2n) is 4.77. The predicted octanol–water partition coefficient (Wildman–Crippen LogP) is 1.68. The number of phenols is 1. The minimum absolute atomic E-state index is 0. The number of hydrogen-bond acceptors (Lipinski definition) is 1. The molecule has 1 unspecified atom stereocenters. The first kappa shape index (κ1) is 19.4. The summed E-state index contributed by atoms with van der Waals surface area (Å²) in [5.74, 6) is 1.83. The van der Waals surface area contributed by atoms with Crippen molar-refractivity contribution in [3.63, 3.8) is 0 Å². The van der Waals surface area contributed by atoms with E-state index in [1.807, 2.05) is 6.07 Å². The fraction of sp³-hybridized carbons (Fsp3) is 0.533. The number of rotatable bonds is 4. The van der Waals surface area contributed by atoms with Crippen LogP contribution in [-0.2, 0) is 0 Å². The Labute approximate surface area is 129 Å². The number of aromatic hydroxyl groups is 1. The van der Waals surface area contributed by atoms with Gasteiger partial charge in [-0.3, -0.25) is 0 Å². The zero-order valence-electron chi connectivity index (χ0n) is 11.8. The molecule has 0 amide bonds. The third-order valence-electron chi connectivity index (χ3n) is 2.23. The Morgan fingerprint density at radius 1 is 1.06 bits per heavy atom.